The van der Waals surface area contributed by atoms with Crippen molar-refractivity contribution >= 4 is 11.7 Å². The van der Waals surface area contributed by atoms with Crippen molar-refractivity contribution < 1.29 is 0 Å². The maximum Gasteiger partial charge on any atom is 0.166 e. The van der Waals surface area contributed by atoms with Gasteiger partial charge in [-0.25, -0.2) is 4.99 Å². The Labute approximate surface area is 54.1 Å². The first-order chi connectivity index (χ1) is 4.33. The lowest BCUT2D eigenvalue weighted by molar-refractivity contribution is 0.928. The van der Waals surface area contributed by atoms with Crippen molar-refractivity contribution in [1.82, 2.24) is 10.7 Å². The van der Waals surface area contributed by atoms with Gasteiger partial charge >= 0.3 is 0 Å². The van der Waals surface area contributed by atoms with Crippen LogP contribution in [0.3, 0.4) is 0 Å². The third-order valence-corrected chi connectivity index (χ3v) is 0.936. The topological polar surface area (TPSA) is 50.9 Å². The summed E-state index contributed by atoms with van der Waals surface area (Å²) in [5.74, 6) is 1.50. The molecule has 0 spiro atoms. The highest BCUT2D eigenvalue weighted by atomic mass is 15.4. The third-order valence-electron chi connectivity index (χ3n) is 0.936. The summed E-state index contributed by atoms with van der Waals surface area (Å²) in [6.45, 7) is 2.52. The maximum atomic E-state index is 4.02. The fourth-order valence-corrected chi connectivity index (χ4v) is 0.595. The normalized spacial score (nSPS) is 16.7. The molecule has 1 rings (SSSR count). The molecule has 0 aromatic heterocycles. The van der Waals surface area contributed by atoms with E-state index in [2.05, 4.69) is 20.8 Å². The van der Waals surface area contributed by atoms with Crippen LogP contribution in [-0.4, -0.2) is 25.3 Å². The molecule has 0 aromatic carbocycles. The summed E-state index contributed by atoms with van der Waals surface area (Å²) in [5, 5.41) is 6.71. The van der Waals surface area contributed by atoms with Crippen LogP contribution >= 0.6 is 0 Å². The number of rotatable bonds is 2. The van der Waals surface area contributed by atoms with Crippen LogP contribution in [0.1, 0.15) is 6.92 Å². The van der Waals surface area contributed by atoms with E-state index in [-0.39, 0.29) is 0 Å². The molecule has 1 aliphatic rings. The van der Waals surface area contributed by atoms with Gasteiger partial charge in [-0.2, -0.15) is 0 Å². The molecule has 4 heteroatoms. The minimum Gasteiger partial charge on any atom is -0.313 e. The van der Waals surface area contributed by atoms with E-state index in [1.165, 1.54) is 0 Å². The molecule has 0 saturated heterocycles. The Morgan fingerprint density at radius 1 is 1.56 bits per heavy atom. The van der Waals surface area contributed by atoms with Crippen LogP contribution in [0.25, 0.3) is 0 Å². The van der Waals surface area contributed by atoms with E-state index in [0.29, 0.717) is 6.54 Å². The number of aliphatic imine (C=N–C) groups is 1. The second-order valence-corrected chi connectivity index (χ2v) is 1.81. The molecule has 1 aliphatic heterocycles. The minimum atomic E-state index is 0.695. The summed E-state index contributed by atoms with van der Waals surface area (Å²) in [6.07, 6.45) is 0. The Morgan fingerprint density at radius 3 is 2.78 bits per heavy atom. The van der Waals surface area contributed by atoms with Gasteiger partial charge in [-0.3, -0.25) is 0 Å². The van der Waals surface area contributed by atoms with Crippen LogP contribution in [0.4, 0.5) is 0 Å². The number of nitrogens with zero attached hydrogens (tertiary/aromatic N) is 3. The molecule has 9 heavy (non-hydrogen) atoms. The van der Waals surface area contributed by atoms with Crippen LogP contribution in [-0.2, 0) is 0 Å². The van der Waals surface area contributed by atoms with Gasteiger partial charge < -0.3 is 5.32 Å². The zero-order valence-corrected chi connectivity index (χ0v) is 5.55. The van der Waals surface area contributed by atoms with E-state index < -0.39 is 0 Å². The summed E-state index contributed by atoms with van der Waals surface area (Å²) < 4.78 is 0. The number of amidine groups is 2. The van der Waals surface area contributed by atoms with E-state index in [9.17, 15) is 0 Å². The molecule has 1 N–H and O–H groups in total. The summed E-state index contributed by atoms with van der Waals surface area (Å²) in [4.78, 5) is 4.02. The van der Waals surface area contributed by atoms with Crippen LogP contribution in [0.5, 0.6) is 0 Å². The van der Waals surface area contributed by atoms with Gasteiger partial charge in [0.25, 0.3) is 0 Å². The van der Waals surface area contributed by atoms with Crippen molar-refractivity contribution in [3.63, 3.8) is 0 Å². The first-order valence-corrected chi connectivity index (χ1v) is 2.80. The summed E-state index contributed by atoms with van der Waals surface area (Å²) >= 11 is 0. The van der Waals surface area contributed by atoms with Gasteiger partial charge in [0, 0.05) is 0 Å². The van der Waals surface area contributed by atoms with Gasteiger partial charge in [0.05, 0.1) is 6.54 Å². The van der Waals surface area contributed by atoms with Crippen molar-refractivity contribution in [3.8, 4) is 0 Å². The van der Waals surface area contributed by atoms with E-state index in [1.54, 1.807) is 0 Å². The van der Waals surface area contributed by atoms with E-state index >= 15 is 0 Å². The van der Waals surface area contributed by atoms with Gasteiger partial charge in [0.2, 0.25) is 0 Å². The molecule has 1 heterocycles. The van der Waals surface area contributed by atoms with Crippen LogP contribution < -0.4 is 10.7 Å². The molecule has 49 valence electrons. The molecule has 1 radical (unpaired) electrons. The average Bonchev–Trinajstić information content (AvgIpc) is 2.17. The van der Waals surface area contributed by atoms with Crippen molar-refractivity contribution in [3.05, 3.63) is 0 Å². The van der Waals surface area contributed by atoms with Crippen molar-refractivity contribution in [2.75, 3.05) is 13.6 Å². The molecule has 0 saturated carbocycles. The Balaban J connectivity index is 2.43. The molecule has 0 amide bonds. The number of hydrogen-bond acceptors (Lipinski definition) is 3. The lowest BCUT2D eigenvalue weighted by Gasteiger charge is -1.89. The summed E-state index contributed by atoms with van der Waals surface area (Å²) in [7, 11) is 1.85. The monoisotopic (exact) mass is 125 g/mol. The Morgan fingerprint density at radius 2 is 2.33 bits per heavy atom. The van der Waals surface area contributed by atoms with Crippen molar-refractivity contribution in [2.45, 2.75) is 6.92 Å². The maximum absolute atomic E-state index is 4.02. The van der Waals surface area contributed by atoms with Crippen molar-refractivity contribution in [1.29, 1.82) is 0 Å². The van der Waals surface area contributed by atoms with E-state index in [0.717, 1.165) is 11.7 Å². The number of likely N-dealkylation sites (N-methyl/N-ethyl adjacent to an activating group) is 1. The fourth-order valence-electron chi connectivity index (χ4n) is 0.595. The second-order valence-electron chi connectivity index (χ2n) is 1.81. The molecular weight excluding hydrogens is 116 g/mol. The summed E-state index contributed by atoms with van der Waals surface area (Å²) in [6, 6.07) is 0. The lowest BCUT2D eigenvalue weighted by atomic mass is 10.6. The van der Waals surface area contributed by atoms with E-state index in [1.807, 2.05) is 14.0 Å². The van der Waals surface area contributed by atoms with Gasteiger partial charge in [-0.1, -0.05) is 0 Å². The largest absolute Gasteiger partial charge is 0.313 e. The molecule has 0 bridgehead atoms. The number of nitrogens with one attached hydrogen (secondary N) is 1. The molecule has 4 nitrogen and oxygen atoms in total. The predicted octanol–water partition coefficient (Wildman–Crippen LogP) is -0.444. The SMILES string of the molecule is CNCC1=N[N]C(C)=N1. The van der Waals surface area contributed by atoms with Gasteiger partial charge in [-0.15, -0.1) is 10.5 Å². The van der Waals surface area contributed by atoms with Crippen molar-refractivity contribution in [2.24, 2.45) is 10.1 Å². The van der Waals surface area contributed by atoms with Crippen LogP contribution in [0, 0.1) is 0 Å². The molecule has 0 atom stereocenters. The third kappa shape index (κ3) is 1.50. The van der Waals surface area contributed by atoms with Crippen LogP contribution in [0.15, 0.2) is 10.1 Å². The smallest absolute Gasteiger partial charge is 0.166 e. The molecule has 0 aromatic rings. The molecular formula is C5H9N4. The quantitative estimate of drug-likeness (QED) is 0.534. The zero-order chi connectivity index (χ0) is 6.69. The number of hydrogen-bond donors (Lipinski definition) is 1. The second kappa shape index (κ2) is 2.59. The predicted molar refractivity (Wildman–Crippen MR) is 36.6 cm³/mol. The summed E-state index contributed by atoms with van der Waals surface area (Å²) in [5.41, 5.74) is 3.73. The fraction of sp³-hybridized carbons (Fsp3) is 0.600. The zero-order valence-electron chi connectivity index (χ0n) is 5.55. The first kappa shape index (κ1) is 6.22. The van der Waals surface area contributed by atoms with Gasteiger partial charge in [0.15, 0.2) is 5.84 Å². The van der Waals surface area contributed by atoms with E-state index in [4.69, 9.17) is 0 Å². The minimum absolute atomic E-state index is 0.695. The lowest BCUT2D eigenvalue weighted by Crippen LogP contribution is -2.15. The first-order valence-electron chi connectivity index (χ1n) is 2.80. The molecule has 0 aliphatic carbocycles. The Bertz CT molecular complexity index is 158. The highest BCUT2D eigenvalue weighted by Gasteiger charge is 2.04. The average molecular weight is 125 g/mol. The van der Waals surface area contributed by atoms with Gasteiger partial charge in [-0.05, 0) is 14.0 Å². The molecule has 0 fully saturated rings. The Hall–Kier alpha value is -0.900. The van der Waals surface area contributed by atoms with Gasteiger partial charge in [0.1, 0.15) is 5.84 Å². The highest BCUT2D eigenvalue weighted by molar-refractivity contribution is 6.00. The van der Waals surface area contributed by atoms with Crippen LogP contribution in [0.2, 0.25) is 0 Å². The highest BCUT2D eigenvalue weighted by Crippen LogP contribution is 1.89. The molecule has 0 unspecified atom stereocenters. The Kier molecular flexibility index (Phi) is 1.79. The standard InChI is InChI=1S/C5H9N4/c1-4-7-5(3-6-2)9-8-4/h6H,3H2,1-2H3.